The standard InChI is InChI=1S/C9H15N3OS/c1-3-13-8-4-7(5-8)12-6(2)10-11-9(12)14/h7-8H,3-5H2,1-2H3,(H,11,14). The van der Waals surface area contributed by atoms with Crippen LogP contribution in [0.1, 0.15) is 31.6 Å². The number of aromatic amines is 1. The van der Waals surface area contributed by atoms with Gasteiger partial charge in [-0.1, -0.05) is 0 Å². The summed E-state index contributed by atoms with van der Waals surface area (Å²) in [5.41, 5.74) is 0. The van der Waals surface area contributed by atoms with Crippen molar-refractivity contribution in [3.8, 4) is 0 Å². The average Bonchev–Trinajstić information content (AvgIpc) is 2.40. The number of aryl methyl sites for hydroxylation is 1. The number of ether oxygens (including phenoxy) is 1. The highest BCUT2D eigenvalue weighted by Gasteiger charge is 2.32. The molecule has 4 nitrogen and oxygen atoms in total. The minimum atomic E-state index is 0.418. The fourth-order valence-electron chi connectivity index (χ4n) is 1.93. The third-order valence-corrected chi connectivity index (χ3v) is 3.01. The lowest BCUT2D eigenvalue weighted by Crippen LogP contribution is -2.33. The molecular weight excluding hydrogens is 198 g/mol. The summed E-state index contributed by atoms with van der Waals surface area (Å²) in [4.78, 5) is 0. The zero-order valence-electron chi connectivity index (χ0n) is 8.49. The minimum Gasteiger partial charge on any atom is -0.378 e. The van der Waals surface area contributed by atoms with Crippen molar-refractivity contribution in [2.75, 3.05) is 6.61 Å². The molecule has 1 aliphatic carbocycles. The molecule has 14 heavy (non-hydrogen) atoms. The first kappa shape index (κ1) is 9.86. The predicted octanol–water partition coefficient (Wildman–Crippen LogP) is 1.99. The number of hydrogen-bond donors (Lipinski definition) is 1. The van der Waals surface area contributed by atoms with Crippen molar-refractivity contribution in [2.24, 2.45) is 0 Å². The second-order valence-electron chi connectivity index (χ2n) is 3.65. The van der Waals surface area contributed by atoms with E-state index in [1.165, 1.54) is 0 Å². The summed E-state index contributed by atoms with van der Waals surface area (Å²) in [6.45, 7) is 4.80. The molecule has 0 amide bonds. The molecule has 1 N–H and O–H groups in total. The topological polar surface area (TPSA) is 42.8 Å². The Hall–Kier alpha value is -0.680. The summed E-state index contributed by atoms with van der Waals surface area (Å²) < 4.78 is 8.32. The predicted molar refractivity (Wildman–Crippen MR) is 55.8 cm³/mol. The van der Waals surface area contributed by atoms with E-state index in [0.29, 0.717) is 12.1 Å². The van der Waals surface area contributed by atoms with Gasteiger partial charge in [-0.25, -0.2) is 0 Å². The summed E-state index contributed by atoms with van der Waals surface area (Å²) in [6.07, 6.45) is 2.53. The Bertz CT molecular complexity index is 364. The highest BCUT2D eigenvalue weighted by Crippen LogP contribution is 2.35. The van der Waals surface area contributed by atoms with Crippen LogP contribution in [0.4, 0.5) is 0 Å². The Morgan fingerprint density at radius 3 is 2.86 bits per heavy atom. The van der Waals surface area contributed by atoms with Gasteiger partial charge in [0, 0.05) is 12.6 Å². The van der Waals surface area contributed by atoms with Crippen LogP contribution in [0.15, 0.2) is 0 Å². The van der Waals surface area contributed by atoms with E-state index in [-0.39, 0.29) is 0 Å². The number of hydrogen-bond acceptors (Lipinski definition) is 3. The molecule has 0 aliphatic heterocycles. The van der Waals surface area contributed by atoms with Crippen LogP contribution in [0, 0.1) is 11.7 Å². The van der Waals surface area contributed by atoms with Crippen LogP contribution in [-0.4, -0.2) is 27.5 Å². The molecule has 0 bridgehead atoms. The Labute approximate surface area is 88.3 Å². The zero-order valence-corrected chi connectivity index (χ0v) is 9.30. The summed E-state index contributed by atoms with van der Waals surface area (Å²) in [5, 5.41) is 6.90. The fourth-order valence-corrected chi connectivity index (χ4v) is 2.26. The van der Waals surface area contributed by atoms with Gasteiger partial charge >= 0.3 is 0 Å². The van der Waals surface area contributed by atoms with Crippen LogP contribution in [-0.2, 0) is 4.74 Å². The molecule has 1 fully saturated rings. The maximum absolute atomic E-state index is 5.51. The van der Waals surface area contributed by atoms with Crippen LogP contribution in [0.3, 0.4) is 0 Å². The Kier molecular flexibility index (Phi) is 2.69. The van der Waals surface area contributed by atoms with Crippen LogP contribution >= 0.6 is 12.2 Å². The van der Waals surface area contributed by atoms with E-state index in [4.69, 9.17) is 17.0 Å². The zero-order chi connectivity index (χ0) is 10.1. The van der Waals surface area contributed by atoms with Gasteiger partial charge in [0.05, 0.1) is 6.10 Å². The quantitative estimate of drug-likeness (QED) is 0.781. The summed E-state index contributed by atoms with van der Waals surface area (Å²) >= 11 is 5.16. The van der Waals surface area contributed by atoms with E-state index in [0.717, 1.165) is 30.0 Å². The lowest BCUT2D eigenvalue weighted by Gasteiger charge is -2.35. The van der Waals surface area contributed by atoms with Crippen molar-refractivity contribution in [3.05, 3.63) is 10.6 Å². The van der Waals surface area contributed by atoms with Gasteiger partial charge in [0.15, 0.2) is 4.77 Å². The van der Waals surface area contributed by atoms with Crippen molar-refractivity contribution in [2.45, 2.75) is 38.8 Å². The van der Waals surface area contributed by atoms with Gasteiger partial charge in [0.1, 0.15) is 5.82 Å². The summed E-state index contributed by atoms with van der Waals surface area (Å²) in [5.74, 6) is 0.968. The van der Waals surface area contributed by atoms with Gasteiger partial charge in [0.25, 0.3) is 0 Å². The van der Waals surface area contributed by atoms with E-state index < -0.39 is 0 Å². The van der Waals surface area contributed by atoms with Gasteiger partial charge in [-0.15, -0.1) is 0 Å². The second kappa shape index (κ2) is 3.82. The van der Waals surface area contributed by atoms with Crippen LogP contribution in [0.25, 0.3) is 0 Å². The third kappa shape index (κ3) is 1.62. The molecule has 1 aromatic heterocycles. The first-order chi connectivity index (χ1) is 6.72. The molecule has 1 aliphatic rings. The Morgan fingerprint density at radius 2 is 2.36 bits per heavy atom. The average molecular weight is 213 g/mol. The van der Waals surface area contributed by atoms with Gasteiger partial charge < -0.3 is 9.30 Å². The van der Waals surface area contributed by atoms with Crippen LogP contribution in [0.5, 0.6) is 0 Å². The highest BCUT2D eigenvalue weighted by atomic mass is 32.1. The smallest absolute Gasteiger partial charge is 0.195 e. The van der Waals surface area contributed by atoms with E-state index in [9.17, 15) is 0 Å². The molecule has 2 rings (SSSR count). The van der Waals surface area contributed by atoms with Crippen molar-refractivity contribution >= 4 is 12.2 Å². The van der Waals surface area contributed by atoms with Crippen molar-refractivity contribution in [3.63, 3.8) is 0 Å². The second-order valence-corrected chi connectivity index (χ2v) is 4.04. The van der Waals surface area contributed by atoms with E-state index in [1.807, 2.05) is 13.8 Å². The van der Waals surface area contributed by atoms with Gasteiger partial charge in [-0.2, -0.15) is 5.10 Å². The molecule has 0 aromatic carbocycles. The summed E-state index contributed by atoms with van der Waals surface area (Å²) in [7, 11) is 0. The molecule has 0 saturated heterocycles. The molecule has 0 atom stereocenters. The van der Waals surface area contributed by atoms with E-state index >= 15 is 0 Å². The van der Waals surface area contributed by atoms with Crippen molar-refractivity contribution in [1.29, 1.82) is 0 Å². The molecule has 1 heterocycles. The Balaban J connectivity index is 2.03. The number of H-pyrrole nitrogens is 1. The first-order valence-electron chi connectivity index (χ1n) is 4.97. The van der Waals surface area contributed by atoms with Crippen molar-refractivity contribution < 1.29 is 4.74 Å². The number of nitrogens with one attached hydrogen (secondary N) is 1. The van der Waals surface area contributed by atoms with Gasteiger partial charge in [0.2, 0.25) is 0 Å². The number of aromatic nitrogens is 3. The summed E-state index contributed by atoms with van der Waals surface area (Å²) in [6, 6.07) is 0.484. The third-order valence-electron chi connectivity index (χ3n) is 2.72. The van der Waals surface area contributed by atoms with E-state index in [2.05, 4.69) is 14.8 Å². The minimum absolute atomic E-state index is 0.418. The SMILES string of the molecule is CCOC1CC(n2c(C)n[nH]c2=S)C1. The van der Waals surface area contributed by atoms with Crippen LogP contribution in [0.2, 0.25) is 0 Å². The molecule has 0 unspecified atom stereocenters. The van der Waals surface area contributed by atoms with Gasteiger partial charge in [-0.05, 0) is 38.9 Å². The maximum Gasteiger partial charge on any atom is 0.195 e. The number of nitrogens with zero attached hydrogens (tertiary/aromatic N) is 2. The van der Waals surface area contributed by atoms with Crippen LogP contribution < -0.4 is 0 Å². The fraction of sp³-hybridized carbons (Fsp3) is 0.778. The molecule has 5 heteroatoms. The van der Waals surface area contributed by atoms with Gasteiger partial charge in [-0.3, -0.25) is 5.10 Å². The molecule has 1 aromatic rings. The molecule has 0 spiro atoms. The van der Waals surface area contributed by atoms with Crippen molar-refractivity contribution in [1.82, 2.24) is 14.8 Å². The molecule has 1 saturated carbocycles. The monoisotopic (exact) mass is 213 g/mol. The molecule has 0 radical (unpaired) electrons. The largest absolute Gasteiger partial charge is 0.378 e. The molecule has 78 valence electrons. The lowest BCUT2D eigenvalue weighted by atomic mass is 9.89. The number of rotatable bonds is 3. The van der Waals surface area contributed by atoms with E-state index in [1.54, 1.807) is 0 Å². The normalized spacial score (nSPS) is 26.1. The lowest BCUT2D eigenvalue weighted by molar-refractivity contribution is -0.0205. The molecular formula is C9H15N3OS. The maximum atomic E-state index is 5.51. The highest BCUT2D eigenvalue weighted by molar-refractivity contribution is 7.71. The Morgan fingerprint density at radius 1 is 1.64 bits per heavy atom. The first-order valence-corrected chi connectivity index (χ1v) is 5.38.